The SMILES string of the molecule is Cc1ccc(C2C3=C(CCC3=O)NC3=C2C(=O)OC3)cc1[N+](=O)[O-]. The number of esters is 1. The number of hydrogen-bond donors (Lipinski definition) is 1. The molecule has 0 spiro atoms. The summed E-state index contributed by atoms with van der Waals surface area (Å²) in [6.45, 7) is 1.80. The highest BCUT2D eigenvalue weighted by molar-refractivity contribution is 6.05. The van der Waals surface area contributed by atoms with Crippen molar-refractivity contribution in [2.75, 3.05) is 6.61 Å². The monoisotopic (exact) mass is 326 g/mol. The van der Waals surface area contributed by atoms with Crippen molar-refractivity contribution in [1.29, 1.82) is 0 Å². The minimum absolute atomic E-state index is 0.0212. The van der Waals surface area contributed by atoms with Gasteiger partial charge in [0.25, 0.3) is 5.69 Å². The number of Topliss-reactive ketones (excluding diaryl/α,β-unsaturated/α-hetero) is 1. The molecule has 7 heteroatoms. The third-order valence-corrected chi connectivity index (χ3v) is 4.76. The lowest BCUT2D eigenvalue weighted by atomic mass is 9.80. The summed E-state index contributed by atoms with van der Waals surface area (Å²) >= 11 is 0. The first-order valence-corrected chi connectivity index (χ1v) is 7.65. The highest BCUT2D eigenvalue weighted by atomic mass is 16.6. The van der Waals surface area contributed by atoms with Crippen molar-refractivity contribution in [3.63, 3.8) is 0 Å². The molecule has 1 atom stereocenters. The molecule has 0 fully saturated rings. The number of benzene rings is 1. The van der Waals surface area contributed by atoms with Gasteiger partial charge < -0.3 is 10.1 Å². The minimum atomic E-state index is -0.597. The van der Waals surface area contributed by atoms with Gasteiger partial charge in [0, 0.05) is 35.2 Å². The predicted molar refractivity (Wildman–Crippen MR) is 83.0 cm³/mol. The Kier molecular flexibility index (Phi) is 3.06. The van der Waals surface area contributed by atoms with Crippen LogP contribution in [0.3, 0.4) is 0 Å². The Balaban J connectivity index is 1.91. The first-order chi connectivity index (χ1) is 11.5. The minimum Gasteiger partial charge on any atom is -0.456 e. The average Bonchev–Trinajstić information content (AvgIpc) is 3.10. The highest BCUT2D eigenvalue weighted by Gasteiger charge is 2.44. The molecule has 0 bridgehead atoms. The molecule has 4 rings (SSSR count). The zero-order valence-corrected chi connectivity index (χ0v) is 12.9. The zero-order chi connectivity index (χ0) is 17.0. The summed E-state index contributed by atoms with van der Waals surface area (Å²) < 4.78 is 5.11. The number of dihydropyridines is 1. The van der Waals surface area contributed by atoms with Crippen LogP contribution in [0.1, 0.15) is 29.9 Å². The molecule has 0 saturated carbocycles. The number of nitro groups is 1. The maximum Gasteiger partial charge on any atom is 0.337 e. The number of allylic oxidation sites excluding steroid dienone is 2. The van der Waals surface area contributed by atoms with Gasteiger partial charge in [-0.1, -0.05) is 12.1 Å². The summed E-state index contributed by atoms with van der Waals surface area (Å²) in [7, 11) is 0. The molecule has 122 valence electrons. The second-order valence-electron chi connectivity index (χ2n) is 6.14. The van der Waals surface area contributed by atoms with E-state index in [1.54, 1.807) is 19.1 Å². The Hall–Kier alpha value is -2.96. The number of ketones is 1. The topological polar surface area (TPSA) is 98.5 Å². The lowest BCUT2D eigenvalue weighted by molar-refractivity contribution is -0.385. The smallest absolute Gasteiger partial charge is 0.337 e. The van der Waals surface area contributed by atoms with Crippen LogP contribution in [-0.2, 0) is 14.3 Å². The number of carbonyl (C=O) groups is 2. The van der Waals surface area contributed by atoms with Crippen LogP contribution in [0.25, 0.3) is 0 Å². The number of nitro benzene ring substituents is 1. The molecule has 2 heterocycles. The van der Waals surface area contributed by atoms with Crippen molar-refractivity contribution in [2.45, 2.75) is 25.7 Å². The Morgan fingerprint density at radius 3 is 2.75 bits per heavy atom. The lowest BCUT2D eigenvalue weighted by Crippen LogP contribution is -2.26. The summed E-state index contributed by atoms with van der Waals surface area (Å²) in [5.41, 5.74) is 3.46. The van der Waals surface area contributed by atoms with E-state index in [9.17, 15) is 19.7 Å². The third kappa shape index (κ3) is 1.97. The van der Waals surface area contributed by atoms with Crippen LogP contribution in [-0.4, -0.2) is 23.3 Å². The number of cyclic esters (lactones) is 1. The Morgan fingerprint density at radius 2 is 2.00 bits per heavy atom. The van der Waals surface area contributed by atoms with Crippen molar-refractivity contribution in [2.24, 2.45) is 0 Å². The molecule has 1 unspecified atom stereocenters. The fourth-order valence-corrected chi connectivity index (χ4v) is 3.62. The quantitative estimate of drug-likeness (QED) is 0.507. The third-order valence-electron chi connectivity index (χ3n) is 4.76. The molecule has 0 amide bonds. The van der Waals surface area contributed by atoms with Crippen molar-refractivity contribution < 1.29 is 19.2 Å². The molecule has 3 aliphatic rings. The Labute approximate surface area is 137 Å². The van der Waals surface area contributed by atoms with Gasteiger partial charge >= 0.3 is 5.97 Å². The molecule has 24 heavy (non-hydrogen) atoms. The van der Waals surface area contributed by atoms with E-state index in [0.29, 0.717) is 40.8 Å². The van der Waals surface area contributed by atoms with Gasteiger partial charge in [-0.05, 0) is 18.9 Å². The number of nitrogens with zero attached hydrogens (tertiary/aromatic N) is 1. The van der Waals surface area contributed by atoms with E-state index in [-0.39, 0.29) is 18.1 Å². The Bertz CT molecular complexity index is 841. The molecule has 1 aliphatic carbocycles. The van der Waals surface area contributed by atoms with Crippen molar-refractivity contribution in [3.8, 4) is 0 Å². The maximum absolute atomic E-state index is 12.4. The number of ether oxygens (including phenoxy) is 1. The lowest BCUT2D eigenvalue weighted by Gasteiger charge is -2.25. The van der Waals surface area contributed by atoms with E-state index in [4.69, 9.17) is 4.74 Å². The molecule has 2 aliphatic heterocycles. The van der Waals surface area contributed by atoms with Gasteiger partial charge in [0.1, 0.15) is 6.61 Å². The van der Waals surface area contributed by atoms with Crippen LogP contribution < -0.4 is 5.32 Å². The van der Waals surface area contributed by atoms with Crippen molar-refractivity contribution in [1.82, 2.24) is 5.32 Å². The van der Waals surface area contributed by atoms with Gasteiger partial charge in [-0.3, -0.25) is 14.9 Å². The standard InChI is InChI=1S/C17H14N2O5/c1-8-2-3-9(6-12(8)19(22)23)14-15-10(4-5-13(15)20)18-11-7-24-17(21)16(11)14/h2-3,6,14,18H,4-5,7H2,1H3. The number of hydrogen-bond acceptors (Lipinski definition) is 6. The van der Waals surface area contributed by atoms with Crippen LogP contribution in [0.15, 0.2) is 40.7 Å². The second kappa shape index (κ2) is 5.02. The first-order valence-electron chi connectivity index (χ1n) is 7.65. The van der Waals surface area contributed by atoms with E-state index < -0.39 is 16.8 Å². The maximum atomic E-state index is 12.4. The van der Waals surface area contributed by atoms with Crippen molar-refractivity contribution >= 4 is 17.4 Å². The summed E-state index contributed by atoms with van der Waals surface area (Å²) in [5, 5.41) is 14.4. The fraction of sp³-hybridized carbons (Fsp3) is 0.294. The molecule has 0 radical (unpaired) electrons. The summed E-state index contributed by atoms with van der Waals surface area (Å²) in [6, 6.07) is 4.85. The predicted octanol–water partition coefficient (Wildman–Crippen LogP) is 2.02. The van der Waals surface area contributed by atoms with Crippen LogP contribution in [0.5, 0.6) is 0 Å². The molecule has 1 aromatic rings. The normalized spacial score (nSPS) is 22.3. The molecule has 1 aromatic carbocycles. The summed E-state index contributed by atoms with van der Waals surface area (Å²) in [5.74, 6) is -1.10. The van der Waals surface area contributed by atoms with Gasteiger partial charge in [0.15, 0.2) is 5.78 Å². The number of aryl methyl sites for hydroxylation is 1. The van der Waals surface area contributed by atoms with E-state index in [0.717, 1.165) is 5.70 Å². The van der Waals surface area contributed by atoms with Gasteiger partial charge in [-0.2, -0.15) is 0 Å². The number of carbonyl (C=O) groups excluding carboxylic acids is 2. The summed E-state index contributed by atoms with van der Waals surface area (Å²) in [4.78, 5) is 35.4. The van der Waals surface area contributed by atoms with Gasteiger partial charge in [0.05, 0.1) is 16.2 Å². The van der Waals surface area contributed by atoms with E-state index in [1.807, 2.05) is 0 Å². The van der Waals surface area contributed by atoms with Crippen molar-refractivity contribution in [3.05, 3.63) is 62.0 Å². The highest BCUT2D eigenvalue weighted by Crippen LogP contribution is 2.45. The summed E-state index contributed by atoms with van der Waals surface area (Å²) in [6.07, 6.45) is 0.974. The number of rotatable bonds is 2. The second-order valence-corrected chi connectivity index (χ2v) is 6.14. The fourth-order valence-electron chi connectivity index (χ4n) is 3.62. The molecule has 0 aromatic heterocycles. The first kappa shape index (κ1) is 14.6. The van der Waals surface area contributed by atoms with Crippen LogP contribution >= 0.6 is 0 Å². The average molecular weight is 326 g/mol. The van der Waals surface area contributed by atoms with Crippen LogP contribution in [0.4, 0.5) is 5.69 Å². The van der Waals surface area contributed by atoms with Crippen LogP contribution in [0.2, 0.25) is 0 Å². The van der Waals surface area contributed by atoms with Gasteiger partial charge in [-0.25, -0.2) is 4.79 Å². The number of nitrogens with one attached hydrogen (secondary N) is 1. The van der Waals surface area contributed by atoms with Gasteiger partial charge in [-0.15, -0.1) is 0 Å². The Morgan fingerprint density at radius 1 is 1.21 bits per heavy atom. The zero-order valence-electron chi connectivity index (χ0n) is 12.9. The van der Waals surface area contributed by atoms with Gasteiger partial charge in [0.2, 0.25) is 0 Å². The molecular weight excluding hydrogens is 312 g/mol. The molecule has 0 saturated heterocycles. The molecule has 1 N–H and O–H groups in total. The largest absolute Gasteiger partial charge is 0.456 e. The van der Waals surface area contributed by atoms with E-state index in [2.05, 4.69) is 5.32 Å². The van der Waals surface area contributed by atoms with E-state index >= 15 is 0 Å². The molecule has 7 nitrogen and oxygen atoms in total. The molecular formula is C17H14N2O5. The van der Waals surface area contributed by atoms with E-state index in [1.165, 1.54) is 6.07 Å². The van der Waals surface area contributed by atoms with Crippen LogP contribution in [0, 0.1) is 17.0 Å².